The largest absolute Gasteiger partial charge is 0.391 e. The van der Waals surface area contributed by atoms with Crippen molar-refractivity contribution in [1.82, 2.24) is 5.32 Å². The summed E-state index contributed by atoms with van der Waals surface area (Å²) in [5, 5.41) is 12.3. The fraction of sp³-hybridized carbons (Fsp3) is 0.889. The highest BCUT2D eigenvalue weighted by Gasteiger charge is 2.38. The molecule has 1 saturated heterocycles. The van der Waals surface area contributed by atoms with Gasteiger partial charge in [0.2, 0.25) is 5.91 Å². The van der Waals surface area contributed by atoms with E-state index in [1.165, 1.54) is 14.0 Å². The molecule has 0 aromatic carbocycles. The Morgan fingerprint density at radius 3 is 2.79 bits per heavy atom. The van der Waals surface area contributed by atoms with Crippen molar-refractivity contribution in [3.8, 4) is 0 Å². The molecule has 0 aromatic rings. The molecule has 1 aliphatic heterocycles. The van der Waals surface area contributed by atoms with E-state index in [9.17, 15) is 9.90 Å². The van der Waals surface area contributed by atoms with Crippen LogP contribution in [-0.4, -0.2) is 42.7 Å². The maximum absolute atomic E-state index is 10.8. The number of amides is 1. The maximum Gasteiger partial charge on any atom is 0.217 e. The minimum Gasteiger partial charge on any atom is -0.391 e. The molecule has 14 heavy (non-hydrogen) atoms. The lowest BCUT2D eigenvalue weighted by atomic mass is 10.00. The molecule has 1 amide bonds. The van der Waals surface area contributed by atoms with E-state index in [0.29, 0.717) is 6.42 Å². The average Bonchev–Trinajstić information content (AvgIpc) is 2.10. The van der Waals surface area contributed by atoms with Crippen LogP contribution >= 0.6 is 0 Å². The smallest absolute Gasteiger partial charge is 0.217 e. The molecule has 3 unspecified atom stereocenters. The quantitative estimate of drug-likeness (QED) is 0.643. The minimum absolute atomic E-state index is 0.168. The first-order valence-electron chi connectivity index (χ1n) is 4.61. The summed E-state index contributed by atoms with van der Waals surface area (Å²) in [4.78, 5) is 10.8. The van der Waals surface area contributed by atoms with Crippen molar-refractivity contribution in [3.63, 3.8) is 0 Å². The van der Waals surface area contributed by atoms with E-state index in [1.54, 1.807) is 6.92 Å². The number of hydrogen-bond donors (Lipinski definition) is 2. The third-order valence-electron chi connectivity index (χ3n) is 2.43. The molecule has 2 N–H and O–H groups in total. The maximum atomic E-state index is 10.8. The summed E-state index contributed by atoms with van der Waals surface area (Å²) in [5.41, 5.74) is 0. The van der Waals surface area contributed by atoms with Gasteiger partial charge in [-0.25, -0.2) is 0 Å². The fourth-order valence-corrected chi connectivity index (χ4v) is 1.50. The number of nitrogens with one attached hydrogen (secondary N) is 1. The number of hydrogen-bond acceptors (Lipinski definition) is 4. The van der Waals surface area contributed by atoms with E-state index in [-0.39, 0.29) is 18.6 Å². The van der Waals surface area contributed by atoms with Gasteiger partial charge in [0, 0.05) is 20.5 Å². The van der Waals surface area contributed by atoms with Crippen LogP contribution in [0.25, 0.3) is 0 Å². The third-order valence-corrected chi connectivity index (χ3v) is 2.43. The number of aliphatic hydroxyl groups is 1. The number of aliphatic hydroxyl groups excluding tert-OH is 1. The molecular formula is C9H17NO4. The predicted molar refractivity (Wildman–Crippen MR) is 49.6 cm³/mol. The Balaban J connectivity index is 2.51. The first-order valence-corrected chi connectivity index (χ1v) is 4.61. The Hall–Kier alpha value is -0.650. The highest BCUT2D eigenvalue weighted by Crippen LogP contribution is 2.25. The van der Waals surface area contributed by atoms with Gasteiger partial charge in [-0.05, 0) is 6.92 Å². The van der Waals surface area contributed by atoms with Crippen molar-refractivity contribution in [2.75, 3.05) is 13.7 Å². The summed E-state index contributed by atoms with van der Waals surface area (Å²) >= 11 is 0. The van der Waals surface area contributed by atoms with Crippen LogP contribution in [0.4, 0.5) is 0 Å². The Morgan fingerprint density at radius 1 is 1.71 bits per heavy atom. The molecule has 0 bridgehead atoms. The van der Waals surface area contributed by atoms with Crippen LogP contribution in [0.1, 0.15) is 20.3 Å². The van der Waals surface area contributed by atoms with Crippen LogP contribution in [0.5, 0.6) is 0 Å². The molecule has 0 aliphatic carbocycles. The Morgan fingerprint density at radius 2 is 2.36 bits per heavy atom. The van der Waals surface area contributed by atoms with Crippen molar-refractivity contribution in [2.24, 2.45) is 0 Å². The first-order chi connectivity index (χ1) is 6.47. The molecule has 1 rings (SSSR count). The lowest BCUT2D eigenvalue weighted by Gasteiger charge is -2.39. The van der Waals surface area contributed by atoms with Crippen LogP contribution in [0.2, 0.25) is 0 Å². The average molecular weight is 203 g/mol. The number of carbonyl (C=O) groups is 1. The molecule has 3 atom stereocenters. The number of ether oxygens (including phenoxy) is 2. The molecular weight excluding hydrogens is 186 g/mol. The Bertz CT molecular complexity index is 221. The highest BCUT2D eigenvalue weighted by atomic mass is 16.7. The van der Waals surface area contributed by atoms with Gasteiger partial charge in [-0.1, -0.05) is 0 Å². The summed E-state index contributed by atoms with van der Waals surface area (Å²) in [6.45, 7) is 3.45. The first kappa shape index (κ1) is 11.4. The van der Waals surface area contributed by atoms with Crippen LogP contribution < -0.4 is 5.32 Å². The number of methoxy groups -OCH3 is 1. The molecule has 0 saturated carbocycles. The topological polar surface area (TPSA) is 67.8 Å². The second-order valence-electron chi connectivity index (χ2n) is 3.73. The van der Waals surface area contributed by atoms with Crippen LogP contribution in [0.15, 0.2) is 0 Å². The fourth-order valence-electron chi connectivity index (χ4n) is 1.50. The SMILES string of the molecule is COC1(C)CC(O)C(NC(C)=O)CO1. The monoisotopic (exact) mass is 203 g/mol. The zero-order chi connectivity index (χ0) is 10.8. The summed E-state index contributed by atoms with van der Waals surface area (Å²) in [6.07, 6.45) is -0.272. The third kappa shape index (κ3) is 2.67. The summed E-state index contributed by atoms with van der Waals surface area (Å²) in [6, 6.07) is -0.337. The van der Waals surface area contributed by atoms with Gasteiger partial charge in [-0.3, -0.25) is 4.79 Å². The highest BCUT2D eigenvalue weighted by molar-refractivity contribution is 5.73. The summed E-state index contributed by atoms with van der Waals surface area (Å²) < 4.78 is 10.5. The van der Waals surface area contributed by atoms with Gasteiger partial charge < -0.3 is 19.9 Å². The van der Waals surface area contributed by atoms with E-state index in [1.807, 2.05) is 0 Å². The van der Waals surface area contributed by atoms with Gasteiger partial charge in [0.25, 0.3) is 0 Å². The standard InChI is InChI=1S/C9H17NO4/c1-6(11)10-7-5-14-9(2,13-3)4-8(7)12/h7-8,12H,4-5H2,1-3H3,(H,10,11). The molecule has 5 nitrogen and oxygen atoms in total. The second kappa shape index (κ2) is 4.25. The lowest BCUT2D eigenvalue weighted by Crippen LogP contribution is -2.55. The van der Waals surface area contributed by atoms with Crippen molar-refractivity contribution < 1.29 is 19.4 Å². The Kier molecular flexibility index (Phi) is 3.47. The van der Waals surface area contributed by atoms with Gasteiger partial charge in [0.1, 0.15) is 0 Å². The number of carbonyl (C=O) groups excluding carboxylic acids is 1. The van der Waals surface area contributed by atoms with Gasteiger partial charge in [-0.2, -0.15) is 0 Å². The molecule has 82 valence electrons. The Labute approximate surface area is 83.4 Å². The van der Waals surface area contributed by atoms with E-state index >= 15 is 0 Å². The van der Waals surface area contributed by atoms with E-state index in [2.05, 4.69) is 5.32 Å². The second-order valence-corrected chi connectivity index (χ2v) is 3.73. The minimum atomic E-state index is -0.742. The normalized spacial score (nSPS) is 38.0. The van der Waals surface area contributed by atoms with E-state index < -0.39 is 11.9 Å². The zero-order valence-corrected chi connectivity index (χ0v) is 8.74. The lowest BCUT2D eigenvalue weighted by molar-refractivity contribution is -0.254. The molecule has 0 aromatic heterocycles. The van der Waals surface area contributed by atoms with Gasteiger partial charge in [-0.15, -0.1) is 0 Å². The van der Waals surface area contributed by atoms with Crippen molar-refractivity contribution in [1.29, 1.82) is 0 Å². The summed E-state index contributed by atoms with van der Waals surface area (Å²) in [7, 11) is 1.53. The van der Waals surface area contributed by atoms with E-state index in [4.69, 9.17) is 9.47 Å². The molecule has 0 radical (unpaired) electrons. The zero-order valence-electron chi connectivity index (χ0n) is 8.74. The molecule has 1 heterocycles. The van der Waals surface area contributed by atoms with Crippen molar-refractivity contribution in [2.45, 2.75) is 38.2 Å². The van der Waals surface area contributed by atoms with Gasteiger partial charge >= 0.3 is 0 Å². The predicted octanol–water partition coefficient (Wildman–Crippen LogP) is -0.365. The number of rotatable bonds is 2. The summed E-state index contributed by atoms with van der Waals surface area (Å²) in [5.74, 6) is -0.910. The van der Waals surface area contributed by atoms with Crippen molar-refractivity contribution in [3.05, 3.63) is 0 Å². The van der Waals surface area contributed by atoms with Crippen LogP contribution in [-0.2, 0) is 14.3 Å². The van der Waals surface area contributed by atoms with E-state index in [0.717, 1.165) is 0 Å². The van der Waals surface area contributed by atoms with Gasteiger partial charge in [0.15, 0.2) is 5.79 Å². The molecule has 1 aliphatic rings. The van der Waals surface area contributed by atoms with Crippen LogP contribution in [0, 0.1) is 0 Å². The molecule has 5 heteroatoms. The van der Waals surface area contributed by atoms with Crippen molar-refractivity contribution >= 4 is 5.91 Å². The molecule has 0 spiro atoms. The van der Waals surface area contributed by atoms with Gasteiger partial charge in [0.05, 0.1) is 18.8 Å². The van der Waals surface area contributed by atoms with Crippen LogP contribution in [0.3, 0.4) is 0 Å². The molecule has 1 fully saturated rings.